The smallest absolute Gasteiger partial charge is 0.127 e. The van der Waals surface area contributed by atoms with Crippen LogP contribution in [0.2, 0.25) is 0 Å². The Hall–Kier alpha value is -2.15. The van der Waals surface area contributed by atoms with E-state index >= 15 is 0 Å². The van der Waals surface area contributed by atoms with E-state index in [0.29, 0.717) is 12.0 Å². The van der Waals surface area contributed by atoms with E-state index in [9.17, 15) is 4.39 Å². The summed E-state index contributed by atoms with van der Waals surface area (Å²) in [6.45, 7) is 0.728. The van der Waals surface area contributed by atoms with Gasteiger partial charge in [0.1, 0.15) is 5.82 Å². The molecule has 2 atom stereocenters. The van der Waals surface area contributed by atoms with E-state index in [2.05, 4.69) is 16.4 Å². The third kappa shape index (κ3) is 3.00. The normalized spacial score (nSPS) is 19.8. The van der Waals surface area contributed by atoms with Crippen LogP contribution in [0.15, 0.2) is 41.0 Å². The van der Waals surface area contributed by atoms with E-state index in [4.69, 9.17) is 5.26 Å². The van der Waals surface area contributed by atoms with Gasteiger partial charge < -0.3 is 10.3 Å². The molecular weight excluding hydrogens is 241 g/mol. The Morgan fingerprint density at radius 2 is 2.37 bits per heavy atom. The summed E-state index contributed by atoms with van der Waals surface area (Å²) < 4.78 is 13.9. The summed E-state index contributed by atoms with van der Waals surface area (Å²) in [6, 6.07) is 8.92. The first-order valence-corrected chi connectivity index (χ1v) is 6.26. The molecule has 2 rings (SSSR count). The molecule has 0 radical (unpaired) electrons. The van der Waals surface area contributed by atoms with Crippen molar-refractivity contribution >= 4 is 6.21 Å². The molecule has 19 heavy (non-hydrogen) atoms. The van der Waals surface area contributed by atoms with Crippen molar-refractivity contribution in [2.75, 3.05) is 13.6 Å². The first-order valence-electron chi connectivity index (χ1n) is 6.26. The molecule has 0 spiro atoms. The van der Waals surface area contributed by atoms with Crippen LogP contribution in [0.1, 0.15) is 17.9 Å². The minimum absolute atomic E-state index is 0.104. The zero-order valence-electron chi connectivity index (χ0n) is 10.8. The van der Waals surface area contributed by atoms with E-state index in [1.807, 2.05) is 6.07 Å². The highest BCUT2D eigenvalue weighted by Crippen LogP contribution is 2.29. The Bertz CT molecular complexity index is 543. The fourth-order valence-electron chi connectivity index (χ4n) is 2.40. The SMILES string of the molecule is CN=CC(CC1CNC=C1C#N)c1ccccc1F. The maximum absolute atomic E-state index is 13.9. The van der Waals surface area contributed by atoms with Gasteiger partial charge in [-0.3, -0.25) is 0 Å². The van der Waals surface area contributed by atoms with Gasteiger partial charge in [-0.05, 0) is 18.1 Å². The average molecular weight is 257 g/mol. The van der Waals surface area contributed by atoms with Crippen molar-refractivity contribution in [3.05, 3.63) is 47.4 Å². The Morgan fingerprint density at radius 1 is 1.58 bits per heavy atom. The zero-order chi connectivity index (χ0) is 13.7. The predicted octanol–water partition coefficient (Wildman–Crippen LogP) is 2.63. The number of nitriles is 1. The van der Waals surface area contributed by atoms with Crippen LogP contribution in [0, 0.1) is 23.1 Å². The number of nitrogens with zero attached hydrogens (tertiary/aromatic N) is 2. The minimum atomic E-state index is -0.221. The van der Waals surface area contributed by atoms with Gasteiger partial charge in [0.05, 0.1) is 11.6 Å². The maximum Gasteiger partial charge on any atom is 0.127 e. The fourth-order valence-corrected chi connectivity index (χ4v) is 2.40. The van der Waals surface area contributed by atoms with Crippen LogP contribution in [0.4, 0.5) is 4.39 Å². The zero-order valence-corrected chi connectivity index (χ0v) is 10.8. The molecule has 0 saturated carbocycles. The number of benzene rings is 1. The third-order valence-corrected chi connectivity index (χ3v) is 3.36. The Kier molecular flexibility index (Phi) is 4.30. The number of halogens is 1. The van der Waals surface area contributed by atoms with Gasteiger partial charge in [-0.2, -0.15) is 5.26 Å². The Balaban J connectivity index is 2.21. The second-order valence-electron chi connectivity index (χ2n) is 4.59. The lowest BCUT2D eigenvalue weighted by Crippen LogP contribution is -2.16. The molecule has 1 N–H and O–H groups in total. The van der Waals surface area contributed by atoms with Crippen LogP contribution in [-0.4, -0.2) is 19.8 Å². The third-order valence-electron chi connectivity index (χ3n) is 3.36. The lowest BCUT2D eigenvalue weighted by Gasteiger charge is -2.17. The molecule has 2 unspecified atom stereocenters. The van der Waals surface area contributed by atoms with Gasteiger partial charge in [0.2, 0.25) is 0 Å². The van der Waals surface area contributed by atoms with Crippen LogP contribution in [-0.2, 0) is 0 Å². The summed E-state index contributed by atoms with van der Waals surface area (Å²) in [4.78, 5) is 4.03. The first-order chi connectivity index (χ1) is 9.26. The van der Waals surface area contributed by atoms with Crippen molar-refractivity contribution in [2.45, 2.75) is 12.3 Å². The largest absolute Gasteiger partial charge is 0.389 e. The fraction of sp³-hybridized carbons (Fsp3) is 0.333. The molecule has 4 heteroatoms. The van der Waals surface area contributed by atoms with Crippen LogP contribution < -0.4 is 5.32 Å². The molecule has 1 aromatic rings. The summed E-state index contributed by atoms with van der Waals surface area (Å²) in [5.74, 6) is -0.207. The molecular formula is C15H16FN3. The van der Waals surface area contributed by atoms with Crippen molar-refractivity contribution in [1.29, 1.82) is 5.26 Å². The molecule has 1 aliphatic heterocycles. The van der Waals surface area contributed by atoms with Gasteiger partial charge in [-0.1, -0.05) is 18.2 Å². The standard InChI is InChI=1S/C15H16FN3/c1-18-8-12(14-4-2-3-5-15(14)16)6-11-9-19-10-13(11)7-17/h2-5,8,10-12,19H,6,9H2,1H3. The monoisotopic (exact) mass is 257 g/mol. The number of hydrogen-bond acceptors (Lipinski definition) is 3. The maximum atomic E-state index is 13.9. The number of hydrogen-bond donors (Lipinski definition) is 1. The van der Waals surface area contributed by atoms with E-state index in [1.54, 1.807) is 31.6 Å². The Labute approximate surface area is 112 Å². The topological polar surface area (TPSA) is 48.2 Å². The molecule has 0 aromatic heterocycles. The second kappa shape index (κ2) is 6.14. The van der Waals surface area contributed by atoms with E-state index < -0.39 is 0 Å². The van der Waals surface area contributed by atoms with Crippen LogP contribution in [0.5, 0.6) is 0 Å². The van der Waals surface area contributed by atoms with Crippen molar-refractivity contribution < 1.29 is 4.39 Å². The van der Waals surface area contributed by atoms with Crippen LogP contribution in [0.3, 0.4) is 0 Å². The number of aliphatic imine (C=N–C) groups is 1. The molecule has 0 amide bonds. The molecule has 1 heterocycles. The van der Waals surface area contributed by atoms with Gasteiger partial charge in [0.25, 0.3) is 0 Å². The van der Waals surface area contributed by atoms with Crippen molar-refractivity contribution in [3.63, 3.8) is 0 Å². The summed E-state index contributed by atoms with van der Waals surface area (Å²) in [7, 11) is 1.68. The summed E-state index contributed by atoms with van der Waals surface area (Å²) >= 11 is 0. The molecule has 0 aliphatic carbocycles. The lowest BCUT2D eigenvalue weighted by atomic mass is 9.87. The summed E-state index contributed by atoms with van der Waals surface area (Å²) in [6.07, 6.45) is 4.18. The summed E-state index contributed by atoms with van der Waals surface area (Å²) in [5, 5.41) is 12.1. The second-order valence-corrected chi connectivity index (χ2v) is 4.59. The lowest BCUT2D eigenvalue weighted by molar-refractivity contribution is 0.543. The van der Waals surface area contributed by atoms with Crippen LogP contribution >= 0.6 is 0 Å². The van der Waals surface area contributed by atoms with E-state index in [1.165, 1.54) is 6.07 Å². The number of nitrogens with one attached hydrogen (secondary N) is 1. The van der Waals surface area contributed by atoms with Crippen LogP contribution in [0.25, 0.3) is 0 Å². The van der Waals surface area contributed by atoms with E-state index in [-0.39, 0.29) is 17.7 Å². The molecule has 0 fully saturated rings. The predicted molar refractivity (Wildman–Crippen MR) is 73.4 cm³/mol. The molecule has 3 nitrogen and oxygen atoms in total. The minimum Gasteiger partial charge on any atom is -0.389 e. The highest BCUT2D eigenvalue weighted by Gasteiger charge is 2.24. The molecule has 1 aliphatic rings. The highest BCUT2D eigenvalue weighted by atomic mass is 19.1. The van der Waals surface area contributed by atoms with Gasteiger partial charge in [0.15, 0.2) is 0 Å². The number of rotatable bonds is 4. The molecule has 98 valence electrons. The Morgan fingerprint density at radius 3 is 3.05 bits per heavy atom. The average Bonchev–Trinajstić information content (AvgIpc) is 2.86. The van der Waals surface area contributed by atoms with Gasteiger partial charge >= 0.3 is 0 Å². The van der Waals surface area contributed by atoms with Gasteiger partial charge in [0, 0.05) is 37.8 Å². The highest BCUT2D eigenvalue weighted by molar-refractivity contribution is 5.68. The van der Waals surface area contributed by atoms with Gasteiger partial charge in [-0.25, -0.2) is 4.39 Å². The first kappa shape index (κ1) is 13.3. The van der Waals surface area contributed by atoms with Crippen molar-refractivity contribution in [1.82, 2.24) is 5.32 Å². The van der Waals surface area contributed by atoms with Crippen molar-refractivity contribution in [2.24, 2.45) is 10.9 Å². The van der Waals surface area contributed by atoms with Crippen molar-refractivity contribution in [3.8, 4) is 6.07 Å². The van der Waals surface area contributed by atoms with E-state index in [0.717, 1.165) is 12.1 Å². The molecule has 1 aromatic carbocycles. The molecule has 0 bridgehead atoms. The summed E-state index contributed by atoms with van der Waals surface area (Å²) in [5.41, 5.74) is 1.36. The quantitative estimate of drug-likeness (QED) is 0.843. The van der Waals surface area contributed by atoms with Gasteiger partial charge in [-0.15, -0.1) is 0 Å². The molecule has 0 saturated heterocycles.